The van der Waals surface area contributed by atoms with Crippen LogP contribution in [0.1, 0.15) is 18.9 Å². The predicted octanol–water partition coefficient (Wildman–Crippen LogP) is 2.81. The summed E-state index contributed by atoms with van der Waals surface area (Å²) >= 11 is 2.22. The fraction of sp³-hybridized carbons (Fsp3) is 0.190. The van der Waals surface area contributed by atoms with Crippen molar-refractivity contribution in [2.45, 2.75) is 13.3 Å². The summed E-state index contributed by atoms with van der Waals surface area (Å²) in [7, 11) is 1.61. The number of hydrogen-bond acceptors (Lipinski definition) is 3. The molecule has 0 aliphatic rings. The molecule has 1 N–H and O–H groups in total. The van der Waals surface area contributed by atoms with Gasteiger partial charge in [-0.05, 0) is 64.9 Å². The second-order valence-electron chi connectivity index (χ2n) is 6.01. The quantitative estimate of drug-likeness (QED) is 0.557. The van der Waals surface area contributed by atoms with Crippen LogP contribution in [0.5, 0.6) is 11.5 Å². The van der Waals surface area contributed by atoms with Crippen LogP contribution >= 0.6 is 22.6 Å². The number of aromatic nitrogens is 2. The normalized spacial score (nSPS) is 11.6. The number of halogens is 1. The number of nitrogens with one attached hydrogen (secondary N) is 1. The molecule has 0 aliphatic carbocycles. The van der Waals surface area contributed by atoms with E-state index in [4.69, 9.17) is 9.47 Å². The molecule has 0 bridgehead atoms. The SMILES string of the molecule is C=c1[nH]n(-c2ccccc2)c(=O)/c1=C/c1cc(I)c(OCCC)c(OC)c1. The summed E-state index contributed by atoms with van der Waals surface area (Å²) < 4.78 is 13.7. The summed E-state index contributed by atoms with van der Waals surface area (Å²) in [4.78, 5) is 12.8. The van der Waals surface area contributed by atoms with Crippen molar-refractivity contribution in [1.29, 1.82) is 0 Å². The standard InChI is InChI=1S/C21H21IN2O3/c1-4-10-27-20-18(22)12-15(13-19(20)26-3)11-17-14(2)23-24(21(17)25)16-8-6-5-7-9-16/h5-9,11-13,23H,2,4,10H2,1,3H3/b17-11+. The van der Waals surface area contributed by atoms with Crippen molar-refractivity contribution < 1.29 is 9.47 Å². The second-order valence-corrected chi connectivity index (χ2v) is 7.17. The van der Waals surface area contributed by atoms with E-state index in [-0.39, 0.29) is 5.56 Å². The molecular weight excluding hydrogens is 455 g/mol. The number of hydrogen-bond donors (Lipinski definition) is 1. The third kappa shape index (κ3) is 4.10. The average Bonchev–Trinajstić information content (AvgIpc) is 2.95. The summed E-state index contributed by atoms with van der Waals surface area (Å²) in [6, 6.07) is 13.2. The lowest BCUT2D eigenvalue weighted by Crippen LogP contribution is -2.33. The fourth-order valence-electron chi connectivity index (χ4n) is 2.74. The number of methoxy groups -OCH3 is 1. The highest BCUT2D eigenvalue weighted by molar-refractivity contribution is 14.1. The lowest BCUT2D eigenvalue weighted by Gasteiger charge is -2.12. The first-order valence-corrected chi connectivity index (χ1v) is 9.70. The van der Waals surface area contributed by atoms with Gasteiger partial charge in [-0.2, -0.15) is 0 Å². The summed E-state index contributed by atoms with van der Waals surface area (Å²) in [6.45, 7) is 6.66. The maximum atomic E-state index is 12.8. The summed E-state index contributed by atoms with van der Waals surface area (Å²) in [5.41, 5.74) is 1.47. The van der Waals surface area contributed by atoms with Gasteiger partial charge in [0.25, 0.3) is 5.56 Å². The van der Waals surface area contributed by atoms with Crippen LogP contribution in [0.4, 0.5) is 0 Å². The first kappa shape index (κ1) is 19.3. The van der Waals surface area contributed by atoms with Crippen molar-refractivity contribution >= 4 is 35.2 Å². The fourth-order valence-corrected chi connectivity index (χ4v) is 3.52. The van der Waals surface area contributed by atoms with E-state index in [9.17, 15) is 4.79 Å². The van der Waals surface area contributed by atoms with Crippen LogP contribution in [0.3, 0.4) is 0 Å². The molecule has 3 rings (SSSR count). The van der Waals surface area contributed by atoms with Crippen molar-refractivity contribution in [2.75, 3.05) is 13.7 Å². The third-order valence-electron chi connectivity index (χ3n) is 4.03. The van der Waals surface area contributed by atoms with Crippen molar-refractivity contribution in [3.05, 3.63) is 72.5 Å². The molecule has 0 amide bonds. The van der Waals surface area contributed by atoms with Gasteiger partial charge in [-0.25, -0.2) is 4.68 Å². The van der Waals surface area contributed by atoms with E-state index in [1.807, 2.05) is 48.5 Å². The largest absolute Gasteiger partial charge is 0.493 e. The van der Waals surface area contributed by atoms with E-state index < -0.39 is 0 Å². The maximum Gasteiger partial charge on any atom is 0.279 e. The highest BCUT2D eigenvalue weighted by Crippen LogP contribution is 2.34. The van der Waals surface area contributed by atoms with Crippen LogP contribution in [0.15, 0.2) is 47.3 Å². The molecule has 0 unspecified atom stereocenters. The molecule has 0 saturated heterocycles. The molecule has 140 valence electrons. The minimum absolute atomic E-state index is 0.147. The van der Waals surface area contributed by atoms with Gasteiger partial charge in [0, 0.05) is 0 Å². The first-order valence-electron chi connectivity index (χ1n) is 8.62. The highest BCUT2D eigenvalue weighted by atomic mass is 127. The van der Waals surface area contributed by atoms with Gasteiger partial charge in [0.05, 0.1) is 33.5 Å². The van der Waals surface area contributed by atoms with Crippen LogP contribution < -0.4 is 25.6 Å². The summed E-state index contributed by atoms with van der Waals surface area (Å²) in [6.07, 6.45) is 2.73. The molecular formula is C21H21IN2O3. The first-order chi connectivity index (χ1) is 13.0. The molecule has 0 aliphatic heterocycles. The van der Waals surface area contributed by atoms with Crippen LogP contribution in [-0.2, 0) is 0 Å². The van der Waals surface area contributed by atoms with E-state index in [0.717, 1.165) is 27.0 Å². The molecule has 0 spiro atoms. The number of nitrogens with zero attached hydrogens (tertiary/aromatic N) is 1. The molecule has 27 heavy (non-hydrogen) atoms. The Morgan fingerprint density at radius 3 is 2.67 bits per heavy atom. The van der Waals surface area contributed by atoms with Gasteiger partial charge in [-0.1, -0.05) is 31.7 Å². The van der Waals surface area contributed by atoms with Crippen LogP contribution in [0.25, 0.3) is 18.3 Å². The highest BCUT2D eigenvalue weighted by Gasteiger charge is 2.11. The molecule has 0 fully saturated rings. The van der Waals surface area contributed by atoms with Crippen molar-refractivity contribution in [2.24, 2.45) is 0 Å². The molecule has 5 nitrogen and oxygen atoms in total. The lowest BCUT2D eigenvalue weighted by atomic mass is 10.1. The number of ether oxygens (including phenoxy) is 2. The monoisotopic (exact) mass is 476 g/mol. The number of para-hydroxylation sites is 1. The number of aromatic amines is 1. The van der Waals surface area contributed by atoms with E-state index in [1.165, 1.54) is 4.68 Å². The molecule has 1 aromatic heterocycles. The topological polar surface area (TPSA) is 56.2 Å². The molecule has 3 aromatic rings. The van der Waals surface area contributed by atoms with Gasteiger partial charge in [0.2, 0.25) is 0 Å². The summed E-state index contributed by atoms with van der Waals surface area (Å²) in [5.74, 6) is 1.37. The Hall–Kier alpha value is -2.48. The molecule has 0 atom stereocenters. The van der Waals surface area contributed by atoms with E-state index >= 15 is 0 Å². The minimum Gasteiger partial charge on any atom is -0.493 e. The molecule has 2 aromatic carbocycles. The Morgan fingerprint density at radius 2 is 2.00 bits per heavy atom. The van der Waals surface area contributed by atoms with Gasteiger partial charge in [-0.15, -0.1) is 0 Å². The molecule has 1 heterocycles. The zero-order valence-corrected chi connectivity index (χ0v) is 17.4. The van der Waals surface area contributed by atoms with E-state index in [2.05, 4.69) is 41.2 Å². The van der Waals surface area contributed by atoms with Crippen molar-refractivity contribution in [1.82, 2.24) is 9.78 Å². The smallest absolute Gasteiger partial charge is 0.279 e. The maximum absolute atomic E-state index is 12.8. The lowest BCUT2D eigenvalue weighted by molar-refractivity contribution is 0.292. The van der Waals surface area contributed by atoms with Crippen molar-refractivity contribution in [3.63, 3.8) is 0 Å². The van der Waals surface area contributed by atoms with Gasteiger partial charge >= 0.3 is 0 Å². The van der Waals surface area contributed by atoms with E-state index in [0.29, 0.717) is 22.9 Å². The number of rotatable bonds is 6. The molecule has 0 saturated carbocycles. The Labute approximate surface area is 171 Å². The third-order valence-corrected chi connectivity index (χ3v) is 4.83. The van der Waals surface area contributed by atoms with Gasteiger partial charge in [0.1, 0.15) is 0 Å². The van der Waals surface area contributed by atoms with Gasteiger partial charge in [-0.3, -0.25) is 9.89 Å². The van der Waals surface area contributed by atoms with Gasteiger partial charge < -0.3 is 9.47 Å². The zero-order valence-electron chi connectivity index (χ0n) is 15.3. The van der Waals surface area contributed by atoms with Crippen LogP contribution in [0.2, 0.25) is 0 Å². The number of benzene rings is 2. The Bertz CT molecular complexity index is 1100. The Balaban J connectivity index is 2.10. The summed E-state index contributed by atoms with van der Waals surface area (Å²) in [5, 5.41) is 4.11. The average molecular weight is 476 g/mol. The van der Waals surface area contributed by atoms with Crippen LogP contribution in [0, 0.1) is 3.57 Å². The molecule has 6 heteroatoms. The Morgan fingerprint density at radius 1 is 1.26 bits per heavy atom. The number of H-pyrrole nitrogens is 1. The van der Waals surface area contributed by atoms with Crippen molar-refractivity contribution in [3.8, 4) is 17.2 Å². The molecule has 0 radical (unpaired) electrons. The van der Waals surface area contributed by atoms with Crippen LogP contribution in [-0.4, -0.2) is 23.5 Å². The Kier molecular flexibility index (Phi) is 6.05. The minimum atomic E-state index is -0.147. The second kappa shape index (κ2) is 8.47. The van der Waals surface area contributed by atoms with Gasteiger partial charge in [0.15, 0.2) is 11.5 Å². The zero-order chi connectivity index (χ0) is 19.4. The predicted molar refractivity (Wildman–Crippen MR) is 116 cm³/mol. The van der Waals surface area contributed by atoms with E-state index in [1.54, 1.807) is 7.11 Å².